The van der Waals surface area contributed by atoms with Crippen molar-refractivity contribution in [2.45, 2.75) is 19.3 Å². The molecule has 0 amide bonds. The zero-order valence-electron chi connectivity index (χ0n) is 7.80. The first kappa shape index (κ1) is 8.10. The van der Waals surface area contributed by atoms with Gasteiger partial charge < -0.3 is 4.74 Å². The number of fused-ring (bicyclic) bond motifs is 2. The molecule has 0 spiro atoms. The predicted molar refractivity (Wildman–Crippen MR) is 53.7 cm³/mol. The number of carbonyl (C=O) groups is 1. The Balaban J connectivity index is 2.30. The molecule has 0 saturated carbocycles. The summed E-state index contributed by atoms with van der Waals surface area (Å²) < 4.78 is 5.43. The third kappa shape index (κ3) is 0.898. The molecule has 68 valence electrons. The molecule has 2 nitrogen and oxygen atoms in total. The summed E-state index contributed by atoms with van der Waals surface area (Å²) >= 11 is 0. The molecular weight excluding hydrogens is 175 g/mol. The number of Topliss-reactive ketones (excluding diaryl/α,β-unsaturated/α-hetero) is 1. The van der Waals surface area contributed by atoms with Crippen molar-refractivity contribution in [3.05, 3.63) is 22.8 Å². The van der Waals surface area contributed by atoms with Crippen LogP contribution in [0.5, 0.6) is 5.75 Å². The third-order valence-corrected chi connectivity index (χ3v) is 2.99. The van der Waals surface area contributed by atoms with Crippen molar-refractivity contribution in [3.8, 4) is 5.75 Å². The van der Waals surface area contributed by atoms with Gasteiger partial charge in [-0.1, -0.05) is 6.07 Å². The highest BCUT2D eigenvalue weighted by Gasteiger charge is 2.27. The molecule has 2 aliphatic rings. The largest absolute Gasteiger partial charge is 0.494 e. The van der Waals surface area contributed by atoms with Gasteiger partial charge in [-0.05, 0) is 23.0 Å². The zero-order chi connectivity index (χ0) is 9.71. The summed E-state index contributed by atoms with van der Waals surface area (Å²) in [6.07, 6.45) is 2.36. The van der Waals surface area contributed by atoms with Gasteiger partial charge in [-0.25, -0.2) is 0 Å². The second-order valence-corrected chi connectivity index (χ2v) is 3.83. The minimum atomic E-state index is 0.163. The Kier molecular flexibility index (Phi) is 1.52. The minimum absolute atomic E-state index is 0.163. The van der Waals surface area contributed by atoms with Crippen LogP contribution in [-0.4, -0.2) is 20.2 Å². The highest BCUT2D eigenvalue weighted by Crippen LogP contribution is 2.30. The fraction of sp³-hybridized carbons (Fsp3) is 0.364. The van der Waals surface area contributed by atoms with Crippen molar-refractivity contribution in [3.63, 3.8) is 0 Å². The molecule has 0 saturated heterocycles. The summed E-state index contributed by atoms with van der Waals surface area (Å²) in [6.45, 7) is 0.691. The first-order chi connectivity index (χ1) is 6.77. The molecule has 3 heteroatoms. The van der Waals surface area contributed by atoms with Crippen LogP contribution < -0.4 is 10.2 Å². The molecule has 2 radical (unpaired) electrons. The van der Waals surface area contributed by atoms with Gasteiger partial charge in [-0.15, -0.1) is 0 Å². The Hall–Kier alpha value is -1.25. The highest BCUT2D eigenvalue weighted by atomic mass is 16.5. The molecule has 0 bridgehead atoms. The van der Waals surface area contributed by atoms with E-state index in [0.717, 1.165) is 29.7 Å². The number of hydrogen-bond donors (Lipinski definition) is 0. The standard InChI is InChI=1S/C11H9BO2/c12-10-9-6(1-2-8(9)13)5-7-3-4-14-11(7)10/h5H,1-4H2. The normalized spacial score (nSPS) is 17.9. The van der Waals surface area contributed by atoms with E-state index in [9.17, 15) is 4.79 Å². The Morgan fingerprint density at radius 3 is 2.93 bits per heavy atom. The summed E-state index contributed by atoms with van der Waals surface area (Å²) in [7, 11) is 5.93. The predicted octanol–water partition coefficient (Wildman–Crippen LogP) is 0.544. The van der Waals surface area contributed by atoms with Gasteiger partial charge in [0.25, 0.3) is 0 Å². The second kappa shape index (κ2) is 2.63. The molecule has 0 fully saturated rings. The maximum absolute atomic E-state index is 11.6. The number of ether oxygens (including phenoxy) is 1. The van der Waals surface area contributed by atoms with Crippen molar-refractivity contribution < 1.29 is 9.53 Å². The lowest BCUT2D eigenvalue weighted by Crippen LogP contribution is -2.16. The summed E-state index contributed by atoms with van der Waals surface area (Å²) in [6, 6.07) is 2.08. The first-order valence-corrected chi connectivity index (χ1v) is 4.87. The van der Waals surface area contributed by atoms with E-state index in [0.29, 0.717) is 24.1 Å². The molecule has 1 aliphatic heterocycles. The van der Waals surface area contributed by atoms with E-state index in [1.54, 1.807) is 0 Å². The lowest BCUT2D eigenvalue weighted by molar-refractivity contribution is 0.0995. The molecule has 3 rings (SSSR count). The number of aryl methyl sites for hydroxylation is 1. The Bertz CT molecular complexity index is 437. The van der Waals surface area contributed by atoms with Crippen molar-refractivity contribution in [2.75, 3.05) is 6.61 Å². The Labute approximate surface area is 83.7 Å². The van der Waals surface area contributed by atoms with Gasteiger partial charge >= 0.3 is 0 Å². The van der Waals surface area contributed by atoms with Crippen LogP contribution in [0.3, 0.4) is 0 Å². The van der Waals surface area contributed by atoms with E-state index in [2.05, 4.69) is 6.07 Å². The Morgan fingerprint density at radius 2 is 2.07 bits per heavy atom. The van der Waals surface area contributed by atoms with E-state index >= 15 is 0 Å². The molecule has 1 aliphatic carbocycles. The lowest BCUT2D eigenvalue weighted by Gasteiger charge is -2.09. The number of hydrogen-bond acceptors (Lipinski definition) is 2. The van der Waals surface area contributed by atoms with Crippen LogP contribution in [0.1, 0.15) is 27.9 Å². The van der Waals surface area contributed by atoms with E-state index in [4.69, 9.17) is 12.6 Å². The first-order valence-electron chi connectivity index (χ1n) is 4.87. The number of benzene rings is 1. The van der Waals surface area contributed by atoms with Crippen LogP contribution >= 0.6 is 0 Å². The molecule has 1 aromatic rings. The molecular formula is C11H9BO2. The van der Waals surface area contributed by atoms with Crippen LogP contribution in [0.15, 0.2) is 6.07 Å². The van der Waals surface area contributed by atoms with Crippen LogP contribution in [0.25, 0.3) is 0 Å². The summed E-state index contributed by atoms with van der Waals surface area (Å²) in [5, 5.41) is 0. The molecule has 14 heavy (non-hydrogen) atoms. The lowest BCUT2D eigenvalue weighted by atomic mass is 9.85. The minimum Gasteiger partial charge on any atom is -0.494 e. The van der Waals surface area contributed by atoms with Crippen molar-refractivity contribution >= 4 is 19.1 Å². The number of ketones is 1. The molecule has 1 aromatic carbocycles. The van der Waals surface area contributed by atoms with E-state index in [1.807, 2.05) is 0 Å². The maximum Gasteiger partial charge on any atom is 0.163 e. The van der Waals surface area contributed by atoms with Gasteiger partial charge in [0.2, 0.25) is 0 Å². The van der Waals surface area contributed by atoms with Crippen molar-refractivity contribution in [1.29, 1.82) is 0 Å². The molecule has 0 aromatic heterocycles. The van der Waals surface area contributed by atoms with Gasteiger partial charge in [0.05, 0.1) is 6.61 Å². The number of rotatable bonds is 0. The molecule has 0 N–H and O–H groups in total. The van der Waals surface area contributed by atoms with Crippen LogP contribution in [0.4, 0.5) is 0 Å². The van der Waals surface area contributed by atoms with Crippen LogP contribution in [0.2, 0.25) is 0 Å². The summed E-state index contributed by atoms with van der Waals surface area (Å²) in [5.74, 6) is 0.912. The molecule has 0 unspecified atom stereocenters. The highest BCUT2D eigenvalue weighted by molar-refractivity contribution is 6.39. The van der Waals surface area contributed by atoms with E-state index in [1.165, 1.54) is 0 Å². The van der Waals surface area contributed by atoms with Crippen LogP contribution in [0, 0.1) is 0 Å². The van der Waals surface area contributed by atoms with Gasteiger partial charge in [-0.3, -0.25) is 4.79 Å². The smallest absolute Gasteiger partial charge is 0.163 e. The monoisotopic (exact) mass is 184 g/mol. The molecule has 0 atom stereocenters. The van der Waals surface area contributed by atoms with Crippen LogP contribution in [-0.2, 0) is 12.8 Å². The van der Waals surface area contributed by atoms with Gasteiger partial charge in [0.15, 0.2) is 5.78 Å². The van der Waals surface area contributed by atoms with Gasteiger partial charge in [0, 0.05) is 18.4 Å². The maximum atomic E-state index is 11.6. The van der Waals surface area contributed by atoms with E-state index < -0.39 is 0 Å². The Morgan fingerprint density at radius 1 is 1.21 bits per heavy atom. The topological polar surface area (TPSA) is 26.3 Å². The van der Waals surface area contributed by atoms with Crippen molar-refractivity contribution in [2.24, 2.45) is 0 Å². The fourth-order valence-electron chi connectivity index (χ4n) is 2.33. The van der Waals surface area contributed by atoms with Crippen molar-refractivity contribution in [1.82, 2.24) is 0 Å². The average molecular weight is 184 g/mol. The molecule has 1 heterocycles. The fourth-order valence-corrected chi connectivity index (χ4v) is 2.33. The number of carbonyl (C=O) groups excluding carboxylic acids is 1. The van der Waals surface area contributed by atoms with Gasteiger partial charge in [0.1, 0.15) is 13.6 Å². The summed E-state index contributed by atoms with van der Waals surface area (Å²) in [4.78, 5) is 11.6. The quantitative estimate of drug-likeness (QED) is 0.550. The average Bonchev–Trinajstić information content (AvgIpc) is 2.74. The van der Waals surface area contributed by atoms with Gasteiger partial charge in [-0.2, -0.15) is 0 Å². The third-order valence-electron chi connectivity index (χ3n) is 2.99. The zero-order valence-corrected chi connectivity index (χ0v) is 7.80. The SMILES string of the molecule is [B]c1c2c(cc3c1C(=O)CC3)CCO2. The van der Waals surface area contributed by atoms with E-state index in [-0.39, 0.29) is 5.78 Å². The second-order valence-electron chi connectivity index (χ2n) is 3.83. The summed E-state index contributed by atoms with van der Waals surface area (Å²) in [5.41, 5.74) is 3.55.